The van der Waals surface area contributed by atoms with E-state index in [9.17, 15) is 0 Å². The minimum absolute atomic E-state index is 0.554. The summed E-state index contributed by atoms with van der Waals surface area (Å²) >= 11 is 3.49. The molecule has 1 aromatic rings. The average molecular weight is 353 g/mol. The van der Waals surface area contributed by atoms with E-state index in [1.54, 1.807) is 0 Å². The third-order valence-corrected chi connectivity index (χ3v) is 4.92. The molecule has 21 heavy (non-hydrogen) atoms. The highest BCUT2D eigenvalue weighted by molar-refractivity contribution is 9.10. The molecule has 0 aromatic heterocycles. The van der Waals surface area contributed by atoms with Gasteiger partial charge in [0.25, 0.3) is 0 Å². The highest BCUT2D eigenvalue weighted by atomic mass is 79.9. The number of rotatable bonds is 7. The Kier molecular flexibility index (Phi) is 7.21. The number of nitrogens with zero attached hydrogens (tertiary/aromatic N) is 1. The van der Waals surface area contributed by atoms with Crippen LogP contribution in [0.1, 0.15) is 45.1 Å². The van der Waals surface area contributed by atoms with Crippen molar-refractivity contribution in [3.63, 3.8) is 0 Å². The summed E-state index contributed by atoms with van der Waals surface area (Å²) in [7, 11) is 0. The van der Waals surface area contributed by atoms with Crippen molar-refractivity contribution < 1.29 is 0 Å². The molecule has 1 aromatic carbocycles. The van der Waals surface area contributed by atoms with Gasteiger partial charge < -0.3 is 10.2 Å². The summed E-state index contributed by atoms with van der Waals surface area (Å²) in [5.41, 5.74) is 1.42. The number of hydrogen-bond donors (Lipinski definition) is 1. The van der Waals surface area contributed by atoms with Crippen molar-refractivity contribution in [1.82, 2.24) is 10.2 Å². The highest BCUT2D eigenvalue weighted by Crippen LogP contribution is 2.14. The summed E-state index contributed by atoms with van der Waals surface area (Å²) in [5, 5.41) is 3.82. The molecule has 0 amide bonds. The molecule has 0 radical (unpaired) electrons. The van der Waals surface area contributed by atoms with Gasteiger partial charge in [-0.1, -0.05) is 41.4 Å². The molecule has 0 saturated carbocycles. The van der Waals surface area contributed by atoms with Gasteiger partial charge in [0.05, 0.1) is 0 Å². The zero-order valence-corrected chi connectivity index (χ0v) is 15.0. The van der Waals surface area contributed by atoms with E-state index in [-0.39, 0.29) is 0 Å². The second kappa shape index (κ2) is 8.92. The molecule has 0 spiro atoms. The number of unbranched alkanes of at least 4 members (excludes halogenated alkanes) is 1. The second-order valence-electron chi connectivity index (χ2n) is 6.37. The summed E-state index contributed by atoms with van der Waals surface area (Å²) in [6.45, 7) is 8.41. The number of nitrogens with one attached hydrogen (secondary N) is 1. The lowest BCUT2D eigenvalue weighted by Crippen LogP contribution is -2.46. The molecule has 1 atom stereocenters. The molecule has 1 heterocycles. The number of benzene rings is 1. The second-order valence-corrected chi connectivity index (χ2v) is 7.28. The Balaban J connectivity index is 1.69. The van der Waals surface area contributed by atoms with Crippen molar-refractivity contribution in [1.29, 1.82) is 0 Å². The SMILES string of the molecule is CCCCN1CCC(NC(C)Cc2ccc(Br)cc2)CC1. The lowest BCUT2D eigenvalue weighted by atomic mass is 10.0. The van der Waals surface area contributed by atoms with Crippen LogP contribution in [-0.2, 0) is 6.42 Å². The van der Waals surface area contributed by atoms with Crippen molar-refractivity contribution >= 4 is 15.9 Å². The topological polar surface area (TPSA) is 15.3 Å². The number of likely N-dealkylation sites (tertiary alicyclic amines) is 1. The first-order chi connectivity index (χ1) is 10.2. The summed E-state index contributed by atoms with van der Waals surface area (Å²) in [6.07, 6.45) is 6.37. The van der Waals surface area contributed by atoms with Gasteiger partial charge in [-0.15, -0.1) is 0 Å². The Morgan fingerprint density at radius 3 is 2.52 bits per heavy atom. The van der Waals surface area contributed by atoms with Gasteiger partial charge in [0.15, 0.2) is 0 Å². The van der Waals surface area contributed by atoms with Gasteiger partial charge in [-0.3, -0.25) is 0 Å². The average Bonchev–Trinajstić information content (AvgIpc) is 2.49. The van der Waals surface area contributed by atoms with E-state index < -0.39 is 0 Å². The molecule has 118 valence electrons. The lowest BCUT2D eigenvalue weighted by molar-refractivity contribution is 0.190. The monoisotopic (exact) mass is 352 g/mol. The molecular formula is C18H29BrN2. The van der Waals surface area contributed by atoms with E-state index in [4.69, 9.17) is 0 Å². The number of halogens is 1. The van der Waals surface area contributed by atoms with E-state index in [2.05, 4.69) is 64.3 Å². The van der Waals surface area contributed by atoms with E-state index in [1.807, 2.05) is 0 Å². The first-order valence-corrected chi connectivity index (χ1v) is 9.19. The Bertz CT molecular complexity index is 396. The molecule has 0 aliphatic carbocycles. The standard InChI is InChI=1S/C18H29BrN2/c1-3-4-11-21-12-9-18(10-13-21)20-15(2)14-16-5-7-17(19)8-6-16/h5-8,15,18,20H,3-4,9-14H2,1-2H3. The third-order valence-electron chi connectivity index (χ3n) is 4.39. The van der Waals surface area contributed by atoms with Gasteiger partial charge >= 0.3 is 0 Å². The minimum atomic E-state index is 0.554. The Morgan fingerprint density at radius 2 is 1.90 bits per heavy atom. The van der Waals surface area contributed by atoms with Gasteiger partial charge in [-0.2, -0.15) is 0 Å². The maximum Gasteiger partial charge on any atom is 0.0175 e. The van der Waals surface area contributed by atoms with Crippen molar-refractivity contribution in [2.45, 2.75) is 58.0 Å². The number of piperidine rings is 1. The van der Waals surface area contributed by atoms with Crippen LogP contribution in [0.25, 0.3) is 0 Å². The minimum Gasteiger partial charge on any atom is -0.311 e. The maximum atomic E-state index is 3.82. The Hall–Kier alpha value is -0.380. The fourth-order valence-corrected chi connectivity index (χ4v) is 3.40. The summed E-state index contributed by atoms with van der Waals surface area (Å²) in [5.74, 6) is 0. The van der Waals surface area contributed by atoms with Crippen LogP contribution >= 0.6 is 15.9 Å². The van der Waals surface area contributed by atoms with Crippen molar-refractivity contribution in [3.8, 4) is 0 Å². The van der Waals surface area contributed by atoms with Gasteiger partial charge in [0.1, 0.15) is 0 Å². The van der Waals surface area contributed by atoms with E-state index in [0.29, 0.717) is 12.1 Å². The van der Waals surface area contributed by atoms with Crippen LogP contribution < -0.4 is 5.32 Å². The summed E-state index contributed by atoms with van der Waals surface area (Å²) < 4.78 is 1.16. The molecule has 1 aliphatic rings. The van der Waals surface area contributed by atoms with Gasteiger partial charge in [-0.25, -0.2) is 0 Å². The van der Waals surface area contributed by atoms with E-state index in [0.717, 1.165) is 10.9 Å². The fourth-order valence-electron chi connectivity index (χ4n) is 3.14. The van der Waals surface area contributed by atoms with Crippen LogP contribution in [0.2, 0.25) is 0 Å². The van der Waals surface area contributed by atoms with Crippen molar-refractivity contribution in [2.24, 2.45) is 0 Å². The zero-order chi connectivity index (χ0) is 15.1. The Morgan fingerprint density at radius 1 is 1.24 bits per heavy atom. The highest BCUT2D eigenvalue weighted by Gasteiger charge is 2.19. The quantitative estimate of drug-likeness (QED) is 0.789. The lowest BCUT2D eigenvalue weighted by Gasteiger charge is -2.34. The molecule has 3 heteroatoms. The molecule has 1 aliphatic heterocycles. The molecule has 0 bridgehead atoms. The van der Waals surface area contributed by atoms with Crippen LogP contribution in [0.15, 0.2) is 28.7 Å². The molecule has 1 saturated heterocycles. The Labute approximate surface area is 138 Å². The predicted octanol–water partition coefficient (Wildman–Crippen LogP) is 4.23. The smallest absolute Gasteiger partial charge is 0.0175 e. The van der Waals surface area contributed by atoms with Crippen LogP contribution in [0.3, 0.4) is 0 Å². The predicted molar refractivity (Wildman–Crippen MR) is 94.8 cm³/mol. The van der Waals surface area contributed by atoms with Crippen LogP contribution in [0.4, 0.5) is 0 Å². The first-order valence-electron chi connectivity index (χ1n) is 8.40. The molecule has 1 fully saturated rings. The number of hydrogen-bond acceptors (Lipinski definition) is 2. The molecular weight excluding hydrogens is 324 g/mol. The van der Waals surface area contributed by atoms with Gasteiger partial charge in [-0.05, 0) is 69.9 Å². The van der Waals surface area contributed by atoms with Crippen LogP contribution in [0, 0.1) is 0 Å². The first kappa shape index (κ1) is 17.0. The van der Waals surface area contributed by atoms with Crippen molar-refractivity contribution in [2.75, 3.05) is 19.6 Å². The molecule has 1 unspecified atom stereocenters. The zero-order valence-electron chi connectivity index (χ0n) is 13.4. The molecule has 2 rings (SSSR count). The van der Waals surface area contributed by atoms with Crippen LogP contribution in [0.5, 0.6) is 0 Å². The fraction of sp³-hybridized carbons (Fsp3) is 0.667. The molecule has 2 nitrogen and oxygen atoms in total. The summed E-state index contributed by atoms with van der Waals surface area (Å²) in [6, 6.07) is 9.96. The maximum absolute atomic E-state index is 3.82. The van der Waals surface area contributed by atoms with Gasteiger partial charge in [0.2, 0.25) is 0 Å². The third kappa shape index (κ3) is 6.09. The van der Waals surface area contributed by atoms with Crippen molar-refractivity contribution in [3.05, 3.63) is 34.3 Å². The van der Waals surface area contributed by atoms with Gasteiger partial charge in [0, 0.05) is 16.6 Å². The largest absolute Gasteiger partial charge is 0.311 e. The normalized spacial score (nSPS) is 18.8. The van der Waals surface area contributed by atoms with Crippen LogP contribution in [-0.4, -0.2) is 36.6 Å². The van der Waals surface area contributed by atoms with E-state index >= 15 is 0 Å². The molecule has 1 N–H and O–H groups in total. The van der Waals surface area contributed by atoms with E-state index in [1.165, 1.54) is 50.9 Å². The summed E-state index contributed by atoms with van der Waals surface area (Å²) in [4.78, 5) is 2.63.